The Morgan fingerprint density at radius 3 is 2.65 bits per heavy atom. The standard InChI is InChI=1S/C24H32N2/c1-4-20-11-12-22-23(25-19(3)24(22)13-8-14-24)17-21(20)10-9-18(2)26-15-6-5-7-16-26/h11-12,17-18,22H,4-8,13-16H2,1-3H3/t18-,22-/m0/s1. The van der Waals surface area contributed by atoms with E-state index < -0.39 is 0 Å². The van der Waals surface area contributed by atoms with Gasteiger partial charge in [0.2, 0.25) is 0 Å². The molecule has 4 rings (SSSR count). The van der Waals surface area contributed by atoms with Crippen molar-refractivity contribution in [2.75, 3.05) is 13.1 Å². The molecule has 2 heteroatoms. The van der Waals surface area contributed by atoms with E-state index >= 15 is 0 Å². The van der Waals surface area contributed by atoms with Crippen LogP contribution in [0.4, 0.5) is 0 Å². The molecule has 1 spiro atoms. The molecule has 0 unspecified atom stereocenters. The molecule has 1 saturated heterocycles. The van der Waals surface area contributed by atoms with Gasteiger partial charge in [-0.1, -0.05) is 43.8 Å². The van der Waals surface area contributed by atoms with Crippen LogP contribution in [0.1, 0.15) is 65.7 Å². The fourth-order valence-corrected chi connectivity index (χ4v) is 5.06. The first-order valence-corrected chi connectivity index (χ1v) is 10.6. The first kappa shape index (κ1) is 17.8. The first-order chi connectivity index (χ1) is 12.6. The maximum atomic E-state index is 5.00. The molecule has 26 heavy (non-hydrogen) atoms. The van der Waals surface area contributed by atoms with E-state index in [0.29, 0.717) is 17.4 Å². The quantitative estimate of drug-likeness (QED) is 0.619. The van der Waals surface area contributed by atoms with Gasteiger partial charge in [0, 0.05) is 28.3 Å². The third kappa shape index (κ3) is 3.01. The molecule has 2 nitrogen and oxygen atoms in total. The summed E-state index contributed by atoms with van der Waals surface area (Å²) in [4.78, 5) is 7.53. The molecule has 2 atom stereocenters. The topological polar surface area (TPSA) is 15.6 Å². The van der Waals surface area contributed by atoms with E-state index in [-0.39, 0.29) is 0 Å². The average Bonchev–Trinajstić information content (AvgIpc) is 2.80. The van der Waals surface area contributed by atoms with Crippen molar-refractivity contribution in [1.29, 1.82) is 0 Å². The molecule has 2 fully saturated rings. The van der Waals surface area contributed by atoms with Crippen molar-refractivity contribution in [2.45, 2.75) is 71.8 Å². The van der Waals surface area contributed by atoms with E-state index in [1.807, 2.05) is 0 Å². The lowest BCUT2D eigenvalue weighted by atomic mass is 9.59. The Hall–Kier alpha value is -1.59. The van der Waals surface area contributed by atoms with Crippen LogP contribution in [0.15, 0.2) is 40.1 Å². The summed E-state index contributed by atoms with van der Waals surface area (Å²) in [7, 11) is 0. The highest BCUT2D eigenvalue weighted by molar-refractivity contribution is 5.93. The molecule has 2 aliphatic heterocycles. The highest BCUT2D eigenvalue weighted by Crippen LogP contribution is 2.56. The minimum Gasteiger partial charge on any atom is -0.290 e. The Morgan fingerprint density at radius 1 is 1.23 bits per heavy atom. The van der Waals surface area contributed by atoms with E-state index in [0.717, 1.165) is 6.42 Å². The lowest BCUT2D eigenvalue weighted by Crippen LogP contribution is -2.39. The van der Waals surface area contributed by atoms with Gasteiger partial charge >= 0.3 is 0 Å². The fraction of sp³-hybridized carbons (Fsp3) is 0.625. The van der Waals surface area contributed by atoms with Crippen molar-refractivity contribution >= 4 is 5.71 Å². The number of aliphatic imine (C=N–C) groups is 1. The summed E-state index contributed by atoms with van der Waals surface area (Å²) in [5, 5.41) is 0. The summed E-state index contributed by atoms with van der Waals surface area (Å²) >= 11 is 0. The summed E-state index contributed by atoms with van der Waals surface area (Å²) in [5.41, 5.74) is 5.48. The monoisotopic (exact) mass is 348 g/mol. The molecule has 0 N–H and O–H groups in total. The van der Waals surface area contributed by atoms with Gasteiger partial charge in [0.25, 0.3) is 0 Å². The normalized spacial score (nSPS) is 28.5. The summed E-state index contributed by atoms with van der Waals surface area (Å²) in [5.74, 6) is 7.56. The van der Waals surface area contributed by atoms with Crippen molar-refractivity contribution in [3.05, 3.63) is 35.1 Å². The van der Waals surface area contributed by atoms with E-state index in [1.54, 1.807) is 0 Å². The van der Waals surface area contributed by atoms with Crippen LogP contribution in [0.2, 0.25) is 0 Å². The Labute approximate surface area is 159 Å². The molecule has 2 aliphatic carbocycles. The van der Waals surface area contributed by atoms with Crippen LogP contribution >= 0.6 is 0 Å². The van der Waals surface area contributed by atoms with Gasteiger partial charge in [0.05, 0.1) is 6.04 Å². The fourth-order valence-electron chi connectivity index (χ4n) is 5.06. The maximum absolute atomic E-state index is 5.00. The van der Waals surface area contributed by atoms with Crippen LogP contribution in [0.5, 0.6) is 0 Å². The van der Waals surface area contributed by atoms with E-state index in [4.69, 9.17) is 4.99 Å². The van der Waals surface area contributed by atoms with Crippen molar-refractivity contribution < 1.29 is 0 Å². The molecule has 0 radical (unpaired) electrons. The zero-order chi connectivity index (χ0) is 18.1. The molecular formula is C24H32N2. The van der Waals surface area contributed by atoms with Gasteiger partial charge < -0.3 is 0 Å². The molecule has 138 valence electrons. The molecule has 0 aromatic heterocycles. The molecule has 0 aromatic rings. The SMILES string of the molecule is CCC1=C(C#C[C@H](C)N2CCCCC2)C=C2N=C(C)C3(CCC3)[C@H]2C=C1. The predicted molar refractivity (Wildman–Crippen MR) is 110 cm³/mol. The number of likely N-dealkylation sites (tertiary alicyclic amines) is 1. The van der Waals surface area contributed by atoms with E-state index in [1.165, 1.54) is 74.2 Å². The molecule has 0 aromatic carbocycles. The van der Waals surface area contributed by atoms with Crippen LogP contribution < -0.4 is 0 Å². The second-order valence-electron chi connectivity index (χ2n) is 8.45. The smallest absolute Gasteiger partial charge is 0.0689 e. The van der Waals surface area contributed by atoms with Gasteiger partial charge in [-0.3, -0.25) is 9.89 Å². The molecule has 0 amide bonds. The number of fused-ring (bicyclic) bond motifs is 2. The van der Waals surface area contributed by atoms with Crippen LogP contribution in [0.25, 0.3) is 0 Å². The van der Waals surface area contributed by atoms with Gasteiger partial charge in [-0.15, -0.1) is 0 Å². The van der Waals surface area contributed by atoms with Gasteiger partial charge in [0.15, 0.2) is 0 Å². The van der Waals surface area contributed by atoms with Crippen LogP contribution in [-0.4, -0.2) is 29.7 Å². The van der Waals surface area contributed by atoms with Gasteiger partial charge in [-0.25, -0.2) is 0 Å². The summed E-state index contributed by atoms with van der Waals surface area (Å²) in [6.07, 6.45) is 16.0. The van der Waals surface area contributed by atoms with Gasteiger partial charge in [0.1, 0.15) is 0 Å². The first-order valence-electron chi connectivity index (χ1n) is 10.6. The lowest BCUT2D eigenvalue weighted by molar-refractivity contribution is 0.196. The van der Waals surface area contributed by atoms with Crippen molar-refractivity contribution in [1.82, 2.24) is 4.90 Å². The Balaban J connectivity index is 1.61. The summed E-state index contributed by atoms with van der Waals surface area (Å²) in [6, 6.07) is 0.342. The second kappa shape index (κ2) is 7.20. The minimum atomic E-state index is 0.325. The van der Waals surface area contributed by atoms with Gasteiger partial charge in [-0.05, 0) is 70.7 Å². The number of rotatable bonds is 2. The highest BCUT2D eigenvalue weighted by Gasteiger charge is 2.50. The number of hydrogen-bond donors (Lipinski definition) is 0. The Kier molecular flexibility index (Phi) is 4.93. The number of nitrogens with zero attached hydrogens (tertiary/aromatic N) is 2. The number of allylic oxidation sites excluding steroid dienone is 5. The predicted octanol–water partition coefficient (Wildman–Crippen LogP) is 5.29. The largest absolute Gasteiger partial charge is 0.290 e. The van der Waals surface area contributed by atoms with E-state index in [9.17, 15) is 0 Å². The van der Waals surface area contributed by atoms with Crippen molar-refractivity contribution in [3.63, 3.8) is 0 Å². The summed E-state index contributed by atoms with van der Waals surface area (Å²) in [6.45, 7) is 9.13. The maximum Gasteiger partial charge on any atom is 0.0689 e. The highest BCUT2D eigenvalue weighted by atomic mass is 15.1. The molecule has 0 bridgehead atoms. The Morgan fingerprint density at radius 2 is 2.00 bits per heavy atom. The minimum absolute atomic E-state index is 0.325. The Bertz CT molecular complexity index is 743. The van der Waals surface area contributed by atoms with Crippen LogP contribution in [-0.2, 0) is 0 Å². The molecular weight excluding hydrogens is 316 g/mol. The zero-order valence-corrected chi connectivity index (χ0v) is 16.6. The molecule has 4 aliphatic rings. The molecule has 1 saturated carbocycles. The number of piperidine rings is 1. The number of hydrogen-bond acceptors (Lipinski definition) is 2. The average molecular weight is 349 g/mol. The zero-order valence-electron chi connectivity index (χ0n) is 16.6. The lowest BCUT2D eigenvalue weighted by Gasteiger charge is -2.42. The summed E-state index contributed by atoms with van der Waals surface area (Å²) < 4.78 is 0. The third-order valence-corrected chi connectivity index (χ3v) is 7.04. The van der Waals surface area contributed by atoms with Crippen LogP contribution in [0, 0.1) is 23.2 Å². The second-order valence-corrected chi connectivity index (χ2v) is 8.45. The van der Waals surface area contributed by atoms with Gasteiger partial charge in [-0.2, -0.15) is 0 Å². The van der Waals surface area contributed by atoms with E-state index in [2.05, 4.69) is 55.7 Å². The molecule has 2 heterocycles. The van der Waals surface area contributed by atoms with Crippen LogP contribution in [0.3, 0.4) is 0 Å². The third-order valence-electron chi connectivity index (χ3n) is 7.04. The van der Waals surface area contributed by atoms with Crippen molar-refractivity contribution in [3.8, 4) is 11.8 Å². The van der Waals surface area contributed by atoms with Crippen molar-refractivity contribution in [2.24, 2.45) is 16.3 Å².